The third-order valence-electron chi connectivity index (χ3n) is 5.70. The van der Waals surface area contributed by atoms with E-state index >= 15 is 0 Å². The Morgan fingerprint density at radius 2 is 1.91 bits per heavy atom. The lowest BCUT2D eigenvalue weighted by Crippen LogP contribution is -2.44. The quantitative estimate of drug-likeness (QED) is 0.480. The molecule has 0 saturated carbocycles. The first kappa shape index (κ1) is 20.2. The zero-order chi connectivity index (χ0) is 22.5. The Bertz CT molecular complexity index is 1290. The van der Waals surface area contributed by atoms with E-state index in [4.69, 9.17) is 0 Å². The number of aromatic nitrogens is 5. The van der Waals surface area contributed by atoms with Crippen LogP contribution in [-0.4, -0.2) is 43.2 Å². The number of hydrogen-bond donors (Lipinski definition) is 0. The third kappa shape index (κ3) is 3.31. The van der Waals surface area contributed by atoms with Gasteiger partial charge in [0.05, 0.1) is 11.9 Å². The summed E-state index contributed by atoms with van der Waals surface area (Å²) in [6, 6.07) is 11.4. The second-order valence-corrected chi connectivity index (χ2v) is 7.69. The molecule has 1 unspecified atom stereocenters. The van der Waals surface area contributed by atoms with Crippen molar-refractivity contribution in [2.24, 2.45) is 0 Å². The summed E-state index contributed by atoms with van der Waals surface area (Å²) in [5, 5.41) is 9.16. The molecule has 1 aliphatic rings. The highest BCUT2D eigenvalue weighted by Gasteiger charge is 2.45. The molecular weight excluding hydrogens is 421 g/mol. The fraction of sp³-hybridized carbons (Fsp3) is 0.273. The van der Waals surface area contributed by atoms with Crippen LogP contribution < -0.4 is 4.90 Å². The summed E-state index contributed by atoms with van der Waals surface area (Å²) < 4.78 is 42.4. The Hall–Kier alpha value is -3.69. The van der Waals surface area contributed by atoms with Crippen molar-refractivity contribution in [3.05, 3.63) is 60.6 Å². The van der Waals surface area contributed by atoms with Crippen molar-refractivity contribution in [2.45, 2.75) is 32.1 Å². The fourth-order valence-electron chi connectivity index (χ4n) is 4.27. The van der Waals surface area contributed by atoms with E-state index in [1.54, 1.807) is 6.20 Å². The van der Waals surface area contributed by atoms with E-state index in [0.29, 0.717) is 5.65 Å². The number of anilines is 1. The molecule has 0 bridgehead atoms. The average molecular weight is 440 g/mol. The van der Waals surface area contributed by atoms with Crippen molar-refractivity contribution in [3.8, 4) is 11.1 Å². The van der Waals surface area contributed by atoms with Crippen LogP contribution in [-0.2, 0) is 11.3 Å². The fourth-order valence-corrected chi connectivity index (χ4v) is 4.27. The summed E-state index contributed by atoms with van der Waals surface area (Å²) in [5.74, 6) is -0.238. The molecule has 0 saturated heterocycles. The van der Waals surface area contributed by atoms with E-state index < -0.39 is 12.2 Å². The minimum atomic E-state index is -4.43. The molecule has 1 atom stereocenters. The second kappa shape index (κ2) is 7.47. The van der Waals surface area contributed by atoms with Gasteiger partial charge in [0.15, 0.2) is 11.7 Å². The van der Waals surface area contributed by atoms with E-state index in [2.05, 4.69) is 15.2 Å². The van der Waals surface area contributed by atoms with E-state index in [0.717, 1.165) is 26.9 Å². The lowest BCUT2D eigenvalue weighted by atomic mass is 10.0. The standard InChI is InChI=1S/C22H19F3N6O/c1-14-20-16(15-5-3-2-4-6-15)7-10-26-21(20)30(28-14)13-19(32)29-12-9-17(22(23,24)25)31-18(29)8-11-27-31/h2-8,10-11,17H,9,12-13H2,1H3. The SMILES string of the molecule is Cc1nn(CC(=O)N2CCC(C(F)(F)F)n3nccc32)c2nccc(-c3ccccc3)c12. The Morgan fingerprint density at radius 3 is 2.66 bits per heavy atom. The van der Waals surface area contributed by atoms with Gasteiger partial charge in [-0.2, -0.15) is 23.4 Å². The Kier molecular flexibility index (Phi) is 4.72. The molecule has 164 valence electrons. The first-order valence-corrected chi connectivity index (χ1v) is 10.1. The van der Waals surface area contributed by atoms with Gasteiger partial charge in [0, 0.05) is 24.2 Å². The number of carbonyl (C=O) groups excluding carboxylic acids is 1. The molecule has 3 aromatic heterocycles. The Labute approximate surface area is 181 Å². The first-order valence-electron chi connectivity index (χ1n) is 10.1. The Morgan fingerprint density at radius 1 is 1.12 bits per heavy atom. The van der Waals surface area contributed by atoms with Crippen LogP contribution >= 0.6 is 0 Å². The van der Waals surface area contributed by atoms with Gasteiger partial charge in [-0.25, -0.2) is 14.3 Å². The first-order chi connectivity index (χ1) is 15.3. The number of fused-ring (bicyclic) bond motifs is 2. The molecule has 0 spiro atoms. The van der Waals surface area contributed by atoms with Gasteiger partial charge >= 0.3 is 6.18 Å². The number of aryl methyl sites for hydroxylation is 1. The van der Waals surface area contributed by atoms with Crippen LogP contribution in [0.15, 0.2) is 54.9 Å². The summed E-state index contributed by atoms with van der Waals surface area (Å²) in [7, 11) is 0. The molecule has 0 N–H and O–H groups in total. The Balaban J connectivity index is 1.48. The molecule has 10 heteroatoms. The highest BCUT2D eigenvalue weighted by atomic mass is 19.4. The van der Waals surface area contributed by atoms with E-state index in [-0.39, 0.29) is 31.2 Å². The van der Waals surface area contributed by atoms with E-state index in [1.807, 2.05) is 43.3 Å². The topological polar surface area (TPSA) is 68.8 Å². The second-order valence-electron chi connectivity index (χ2n) is 7.69. The number of halogens is 3. The highest BCUT2D eigenvalue weighted by Crippen LogP contribution is 2.39. The molecule has 4 aromatic rings. The number of rotatable bonds is 3. The van der Waals surface area contributed by atoms with Crippen molar-refractivity contribution in [1.29, 1.82) is 0 Å². The predicted octanol–water partition coefficient (Wildman–Crippen LogP) is 4.14. The van der Waals surface area contributed by atoms with Crippen LogP contribution in [0.3, 0.4) is 0 Å². The zero-order valence-electron chi connectivity index (χ0n) is 17.1. The number of carbonyl (C=O) groups is 1. The predicted molar refractivity (Wildman–Crippen MR) is 112 cm³/mol. The molecule has 7 nitrogen and oxygen atoms in total. The summed E-state index contributed by atoms with van der Waals surface area (Å²) in [5.41, 5.74) is 3.24. The number of hydrogen-bond acceptors (Lipinski definition) is 4. The van der Waals surface area contributed by atoms with Gasteiger partial charge in [0.25, 0.3) is 0 Å². The minimum absolute atomic E-state index is 0.0461. The third-order valence-corrected chi connectivity index (χ3v) is 5.70. The van der Waals surface area contributed by atoms with Gasteiger partial charge in [0.1, 0.15) is 12.4 Å². The molecule has 1 aliphatic heterocycles. The van der Waals surface area contributed by atoms with Gasteiger partial charge in [-0.1, -0.05) is 30.3 Å². The van der Waals surface area contributed by atoms with Crippen molar-refractivity contribution in [3.63, 3.8) is 0 Å². The van der Waals surface area contributed by atoms with Gasteiger partial charge < -0.3 is 0 Å². The van der Waals surface area contributed by atoms with Gasteiger partial charge in [0.2, 0.25) is 5.91 Å². The smallest absolute Gasteiger partial charge is 0.295 e. The van der Waals surface area contributed by atoms with Gasteiger partial charge in [-0.05, 0) is 30.5 Å². The maximum Gasteiger partial charge on any atom is 0.410 e. The molecule has 4 heterocycles. The van der Waals surface area contributed by atoms with Crippen molar-refractivity contribution >= 4 is 22.8 Å². The summed E-state index contributed by atoms with van der Waals surface area (Å²) in [4.78, 5) is 18.9. The molecule has 0 fully saturated rings. The average Bonchev–Trinajstić information content (AvgIpc) is 3.38. The van der Waals surface area contributed by atoms with Crippen molar-refractivity contribution in [2.75, 3.05) is 11.4 Å². The lowest BCUT2D eigenvalue weighted by molar-refractivity contribution is -0.172. The number of amides is 1. The van der Waals surface area contributed by atoms with E-state index in [9.17, 15) is 18.0 Å². The normalized spacial score (nSPS) is 16.4. The summed E-state index contributed by atoms with van der Waals surface area (Å²) in [6.45, 7) is 1.66. The molecule has 0 aliphatic carbocycles. The number of benzene rings is 1. The van der Waals surface area contributed by atoms with Crippen molar-refractivity contribution < 1.29 is 18.0 Å². The van der Waals surface area contributed by atoms with Crippen LogP contribution in [0, 0.1) is 6.92 Å². The highest BCUT2D eigenvalue weighted by molar-refractivity contribution is 5.97. The molecular formula is C22H19F3N6O. The molecule has 1 amide bonds. The van der Waals surface area contributed by atoms with Crippen molar-refractivity contribution in [1.82, 2.24) is 24.5 Å². The van der Waals surface area contributed by atoms with Gasteiger partial charge in [-0.15, -0.1) is 0 Å². The lowest BCUT2D eigenvalue weighted by Gasteiger charge is -2.33. The van der Waals surface area contributed by atoms with Gasteiger partial charge in [-0.3, -0.25) is 9.69 Å². The molecule has 0 radical (unpaired) electrons. The van der Waals surface area contributed by atoms with Crippen LogP contribution in [0.5, 0.6) is 0 Å². The number of pyridine rings is 1. The van der Waals surface area contributed by atoms with Crippen LogP contribution in [0.4, 0.5) is 19.0 Å². The maximum atomic E-state index is 13.3. The zero-order valence-corrected chi connectivity index (χ0v) is 17.1. The monoisotopic (exact) mass is 440 g/mol. The molecule has 5 rings (SSSR count). The van der Waals surface area contributed by atoms with Crippen LogP contribution in [0.25, 0.3) is 22.2 Å². The minimum Gasteiger partial charge on any atom is -0.295 e. The summed E-state index contributed by atoms with van der Waals surface area (Å²) in [6.07, 6.45) is -1.74. The van der Waals surface area contributed by atoms with E-state index in [1.165, 1.54) is 21.8 Å². The number of alkyl halides is 3. The molecule has 32 heavy (non-hydrogen) atoms. The largest absolute Gasteiger partial charge is 0.410 e. The van der Waals surface area contributed by atoms with Crippen LogP contribution in [0.1, 0.15) is 18.2 Å². The molecule has 1 aromatic carbocycles. The number of nitrogens with zero attached hydrogens (tertiary/aromatic N) is 6. The summed E-state index contributed by atoms with van der Waals surface area (Å²) >= 11 is 0. The maximum absolute atomic E-state index is 13.3. The van der Waals surface area contributed by atoms with Crippen LogP contribution in [0.2, 0.25) is 0 Å².